The summed E-state index contributed by atoms with van der Waals surface area (Å²) in [7, 11) is 1.92. The molecule has 0 spiro atoms. The number of rotatable bonds is 4. The van der Waals surface area contributed by atoms with Gasteiger partial charge in [-0.25, -0.2) is 8.78 Å². The third-order valence-corrected chi connectivity index (χ3v) is 5.41. The average Bonchev–Trinajstić information content (AvgIpc) is 3.24. The molecule has 0 atom stereocenters. The molecule has 1 aliphatic heterocycles. The van der Waals surface area contributed by atoms with Gasteiger partial charge >= 0.3 is 0 Å². The molecule has 0 unspecified atom stereocenters. The van der Waals surface area contributed by atoms with Crippen LogP contribution in [0.25, 0.3) is 22.2 Å². The monoisotopic (exact) mass is 381 g/mol. The van der Waals surface area contributed by atoms with Crippen LogP contribution in [0.15, 0.2) is 42.7 Å². The Morgan fingerprint density at radius 3 is 2.71 bits per heavy atom. The van der Waals surface area contributed by atoms with Gasteiger partial charge in [0.1, 0.15) is 17.8 Å². The number of aromatic amines is 1. The van der Waals surface area contributed by atoms with Crippen molar-refractivity contribution < 1.29 is 13.5 Å². The molecule has 8 heteroatoms. The Morgan fingerprint density at radius 2 is 2.00 bits per heavy atom. The lowest BCUT2D eigenvalue weighted by molar-refractivity contribution is -0.0611. The van der Waals surface area contributed by atoms with E-state index < -0.39 is 11.6 Å². The van der Waals surface area contributed by atoms with Gasteiger partial charge in [-0.05, 0) is 17.7 Å². The van der Waals surface area contributed by atoms with Crippen molar-refractivity contribution in [3.05, 3.63) is 65.7 Å². The van der Waals surface area contributed by atoms with Gasteiger partial charge in [-0.15, -0.1) is 10.2 Å². The van der Waals surface area contributed by atoms with Gasteiger partial charge in [0.15, 0.2) is 11.6 Å². The Balaban J connectivity index is 1.57. The van der Waals surface area contributed by atoms with Crippen LogP contribution >= 0.6 is 0 Å². The number of hydrogen-bond acceptors (Lipinski definition) is 4. The van der Waals surface area contributed by atoms with Crippen molar-refractivity contribution in [2.45, 2.75) is 11.8 Å². The topological polar surface area (TPSA) is 68.6 Å². The van der Waals surface area contributed by atoms with Crippen LogP contribution in [0.3, 0.4) is 0 Å². The fourth-order valence-electron chi connectivity index (χ4n) is 3.72. The number of fused-ring (bicyclic) bond motifs is 1. The molecule has 142 valence electrons. The maximum atomic E-state index is 13.8. The van der Waals surface area contributed by atoms with Crippen molar-refractivity contribution in [3.63, 3.8) is 0 Å². The predicted molar refractivity (Wildman–Crippen MR) is 98.6 cm³/mol. The summed E-state index contributed by atoms with van der Waals surface area (Å²) in [6.07, 6.45) is 2.39. The minimum absolute atomic E-state index is 0.194. The SMILES string of the molecule is Cn1cnnc1CC1(c2cccc(-c3n[nH]c4cc(F)c(F)cc34)c2)COC1. The summed E-state index contributed by atoms with van der Waals surface area (Å²) < 4.78 is 34.7. The summed E-state index contributed by atoms with van der Waals surface area (Å²) in [4.78, 5) is 0. The van der Waals surface area contributed by atoms with Crippen LogP contribution in [0.4, 0.5) is 8.78 Å². The molecule has 0 radical (unpaired) electrons. The van der Waals surface area contributed by atoms with Crippen LogP contribution in [0, 0.1) is 11.6 Å². The van der Waals surface area contributed by atoms with Crippen LogP contribution < -0.4 is 0 Å². The zero-order chi connectivity index (χ0) is 19.3. The van der Waals surface area contributed by atoms with E-state index in [2.05, 4.69) is 26.5 Å². The Labute approximate surface area is 159 Å². The number of nitrogens with zero attached hydrogens (tertiary/aromatic N) is 4. The molecule has 1 aliphatic rings. The molecule has 2 aromatic carbocycles. The molecule has 0 saturated carbocycles. The van der Waals surface area contributed by atoms with E-state index in [4.69, 9.17) is 4.74 Å². The molecule has 4 aromatic rings. The Morgan fingerprint density at radius 1 is 1.18 bits per heavy atom. The molecule has 6 nitrogen and oxygen atoms in total. The summed E-state index contributed by atoms with van der Waals surface area (Å²) in [6.45, 7) is 1.18. The maximum absolute atomic E-state index is 13.8. The lowest BCUT2D eigenvalue weighted by atomic mass is 9.75. The third-order valence-electron chi connectivity index (χ3n) is 5.41. The van der Waals surface area contributed by atoms with E-state index in [1.165, 1.54) is 6.07 Å². The van der Waals surface area contributed by atoms with Crippen LogP contribution in [-0.2, 0) is 23.6 Å². The molecule has 1 fully saturated rings. The van der Waals surface area contributed by atoms with Crippen LogP contribution in [-0.4, -0.2) is 38.2 Å². The molecule has 2 aromatic heterocycles. The van der Waals surface area contributed by atoms with Gasteiger partial charge < -0.3 is 9.30 Å². The van der Waals surface area contributed by atoms with Crippen molar-refractivity contribution in [2.24, 2.45) is 7.05 Å². The van der Waals surface area contributed by atoms with E-state index >= 15 is 0 Å². The van der Waals surface area contributed by atoms with Gasteiger partial charge in [0.25, 0.3) is 0 Å². The maximum Gasteiger partial charge on any atom is 0.160 e. The van der Waals surface area contributed by atoms with Crippen molar-refractivity contribution in [1.82, 2.24) is 25.0 Å². The number of ether oxygens (including phenoxy) is 1. The zero-order valence-electron chi connectivity index (χ0n) is 15.1. The Bertz CT molecular complexity index is 1180. The summed E-state index contributed by atoms with van der Waals surface area (Å²) in [5, 5.41) is 15.8. The molecular weight excluding hydrogens is 364 g/mol. The highest BCUT2D eigenvalue weighted by Gasteiger charge is 2.41. The second-order valence-corrected chi connectivity index (χ2v) is 7.27. The van der Waals surface area contributed by atoms with Crippen molar-refractivity contribution in [3.8, 4) is 11.3 Å². The van der Waals surface area contributed by atoms with E-state index in [-0.39, 0.29) is 5.41 Å². The smallest absolute Gasteiger partial charge is 0.160 e. The second kappa shape index (κ2) is 6.20. The van der Waals surface area contributed by atoms with Crippen LogP contribution in [0.5, 0.6) is 0 Å². The van der Waals surface area contributed by atoms with Crippen molar-refractivity contribution in [1.29, 1.82) is 0 Å². The van der Waals surface area contributed by atoms with Gasteiger partial charge in [-0.3, -0.25) is 5.10 Å². The van der Waals surface area contributed by atoms with E-state index in [9.17, 15) is 8.78 Å². The average molecular weight is 381 g/mol. The van der Waals surface area contributed by atoms with Crippen LogP contribution in [0.2, 0.25) is 0 Å². The molecule has 0 amide bonds. The van der Waals surface area contributed by atoms with Gasteiger partial charge in [0, 0.05) is 35.9 Å². The molecule has 5 rings (SSSR count). The minimum Gasteiger partial charge on any atom is -0.379 e. The fraction of sp³-hybridized carbons (Fsp3) is 0.250. The summed E-state index contributed by atoms with van der Waals surface area (Å²) >= 11 is 0. The first-order chi connectivity index (χ1) is 13.6. The van der Waals surface area contributed by atoms with E-state index in [0.29, 0.717) is 36.2 Å². The Hall–Kier alpha value is -3.13. The first-order valence-electron chi connectivity index (χ1n) is 8.90. The molecular formula is C20H17F2N5O. The number of aryl methyl sites for hydroxylation is 1. The number of benzene rings is 2. The molecule has 0 bridgehead atoms. The third kappa shape index (κ3) is 2.60. The first-order valence-corrected chi connectivity index (χ1v) is 8.90. The minimum atomic E-state index is -0.898. The van der Waals surface area contributed by atoms with Gasteiger partial charge in [0.05, 0.1) is 18.7 Å². The number of halogens is 2. The normalized spacial score (nSPS) is 15.7. The second-order valence-electron chi connectivity index (χ2n) is 7.27. The number of nitrogens with one attached hydrogen (secondary N) is 1. The van der Waals surface area contributed by atoms with E-state index in [1.54, 1.807) is 6.33 Å². The summed E-state index contributed by atoms with van der Waals surface area (Å²) in [5.41, 5.74) is 2.78. The lowest BCUT2D eigenvalue weighted by Crippen LogP contribution is -2.49. The van der Waals surface area contributed by atoms with E-state index in [1.807, 2.05) is 29.8 Å². The summed E-state index contributed by atoms with van der Waals surface area (Å²) in [5.74, 6) is -0.903. The predicted octanol–water partition coefficient (Wildman–Crippen LogP) is 3.15. The highest BCUT2D eigenvalue weighted by molar-refractivity contribution is 5.93. The van der Waals surface area contributed by atoms with E-state index in [0.717, 1.165) is 23.0 Å². The number of hydrogen-bond donors (Lipinski definition) is 1. The van der Waals surface area contributed by atoms with Crippen LogP contribution in [0.1, 0.15) is 11.4 Å². The zero-order valence-corrected chi connectivity index (χ0v) is 15.1. The lowest BCUT2D eigenvalue weighted by Gasteiger charge is -2.41. The summed E-state index contributed by atoms with van der Waals surface area (Å²) in [6, 6.07) is 10.3. The molecule has 28 heavy (non-hydrogen) atoms. The molecule has 1 saturated heterocycles. The highest BCUT2D eigenvalue weighted by Crippen LogP contribution is 2.38. The number of H-pyrrole nitrogens is 1. The van der Waals surface area contributed by atoms with Crippen molar-refractivity contribution in [2.75, 3.05) is 13.2 Å². The van der Waals surface area contributed by atoms with Crippen molar-refractivity contribution >= 4 is 10.9 Å². The fourth-order valence-corrected chi connectivity index (χ4v) is 3.72. The molecule has 0 aliphatic carbocycles. The van der Waals surface area contributed by atoms with Gasteiger partial charge in [-0.1, -0.05) is 18.2 Å². The Kier molecular flexibility index (Phi) is 3.77. The first kappa shape index (κ1) is 17.0. The molecule has 3 heterocycles. The largest absolute Gasteiger partial charge is 0.379 e. The molecule has 1 N–H and O–H groups in total. The quantitative estimate of drug-likeness (QED) is 0.590. The number of aromatic nitrogens is 5. The van der Waals surface area contributed by atoms with Gasteiger partial charge in [0.2, 0.25) is 0 Å². The highest BCUT2D eigenvalue weighted by atomic mass is 19.2. The van der Waals surface area contributed by atoms with Gasteiger partial charge in [-0.2, -0.15) is 5.10 Å². The standard InChI is InChI=1S/C20H17F2N5O/c1-27-11-23-25-18(27)8-20(9-28-10-20)13-4-2-3-12(5-13)19-14-6-15(21)16(22)7-17(14)24-26-19/h2-7,11H,8-10H2,1H3,(H,24,26).